The van der Waals surface area contributed by atoms with Crippen LogP contribution in [-0.4, -0.2) is 37.9 Å². The van der Waals surface area contributed by atoms with Gasteiger partial charge in [-0.25, -0.2) is 4.99 Å². The molecule has 0 unspecified atom stereocenters. The monoisotopic (exact) mass is 393 g/mol. The van der Waals surface area contributed by atoms with E-state index in [2.05, 4.69) is 15.6 Å². The maximum Gasteiger partial charge on any atom is 0.191 e. The minimum absolute atomic E-state index is 0. The molecule has 1 rings (SSSR count). The first-order valence-corrected chi connectivity index (χ1v) is 6.55. The van der Waals surface area contributed by atoms with Gasteiger partial charge in [-0.3, -0.25) is 0 Å². The highest BCUT2D eigenvalue weighted by Crippen LogP contribution is 2.10. The SMILES string of the molecule is CCNC(=NCc1ccc(O)cc1)NCCCOC.I. The van der Waals surface area contributed by atoms with Gasteiger partial charge in [-0.1, -0.05) is 12.1 Å². The first-order valence-electron chi connectivity index (χ1n) is 6.55. The number of nitrogens with zero attached hydrogens (tertiary/aromatic N) is 1. The van der Waals surface area contributed by atoms with Crippen LogP contribution in [0, 0.1) is 0 Å². The fraction of sp³-hybridized carbons (Fsp3) is 0.500. The van der Waals surface area contributed by atoms with E-state index in [1.165, 1.54) is 0 Å². The first kappa shape index (κ1) is 19.0. The summed E-state index contributed by atoms with van der Waals surface area (Å²) in [7, 11) is 1.70. The molecular formula is C14H24IN3O2. The Kier molecular flexibility index (Phi) is 11.2. The molecule has 3 N–H and O–H groups in total. The van der Waals surface area contributed by atoms with Crippen LogP contribution in [0.5, 0.6) is 5.75 Å². The molecule has 0 bridgehead atoms. The average Bonchev–Trinajstić information content (AvgIpc) is 2.42. The molecule has 0 spiro atoms. The van der Waals surface area contributed by atoms with Crippen LogP contribution < -0.4 is 10.6 Å². The van der Waals surface area contributed by atoms with E-state index in [1.807, 2.05) is 19.1 Å². The van der Waals surface area contributed by atoms with E-state index in [-0.39, 0.29) is 29.7 Å². The summed E-state index contributed by atoms with van der Waals surface area (Å²) in [4.78, 5) is 4.48. The molecule has 0 saturated heterocycles. The summed E-state index contributed by atoms with van der Waals surface area (Å²) in [5.41, 5.74) is 1.06. The molecule has 0 atom stereocenters. The number of aliphatic imine (C=N–C) groups is 1. The molecule has 0 aliphatic carbocycles. The van der Waals surface area contributed by atoms with Gasteiger partial charge in [0.25, 0.3) is 0 Å². The fourth-order valence-electron chi connectivity index (χ4n) is 1.54. The minimum Gasteiger partial charge on any atom is -0.508 e. The quantitative estimate of drug-likeness (QED) is 0.287. The molecule has 6 heteroatoms. The van der Waals surface area contributed by atoms with Crippen molar-refractivity contribution in [3.63, 3.8) is 0 Å². The highest BCUT2D eigenvalue weighted by molar-refractivity contribution is 14.0. The Hall–Kier alpha value is -1.02. The van der Waals surface area contributed by atoms with E-state index in [0.717, 1.165) is 37.6 Å². The number of rotatable bonds is 7. The number of aromatic hydroxyl groups is 1. The number of halogens is 1. The number of guanidine groups is 1. The maximum atomic E-state index is 9.21. The number of phenols is 1. The average molecular weight is 393 g/mol. The van der Waals surface area contributed by atoms with Crippen molar-refractivity contribution in [1.29, 1.82) is 0 Å². The van der Waals surface area contributed by atoms with Crippen LogP contribution >= 0.6 is 24.0 Å². The number of ether oxygens (including phenoxy) is 1. The normalized spacial score (nSPS) is 10.8. The zero-order valence-corrected chi connectivity index (χ0v) is 14.4. The summed E-state index contributed by atoms with van der Waals surface area (Å²) in [6.45, 7) is 5.01. The Morgan fingerprint density at radius 2 is 1.95 bits per heavy atom. The summed E-state index contributed by atoms with van der Waals surface area (Å²) in [5.74, 6) is 1.07. The summed E-state index contributed by atoms with van der Waals surface area (Å²) in [5, 5.41) is 15.6. The second kappa shape index (κ2) is 11.8. The van der Waals surface area contributed by atoms with E-state index < -0.39 is 0 Å². The lowest BCUT2D eigenvalue weighted by molar-refractivity contribution is 0.195. The molecule has 1 aromatic carbocycles. The minimum atomic E-state index is 0. The van der Waals surface area contributed by atoms with E-state index >= 15 is 0 Å². The molecule has 114 valence electrons. The molecule has 20 heavy (non-hydrogen) atoms. The van der Waals surface area contributed by atoms with Gasteiger partial charge >= 0.3 is 0 Å². The second-order valence-corrected chi connectivity index (χ2v) is 4.13. The van der Waals surface area contributed by atoms with Crippen LogP contribution in [0.25, 0.3) is 0 Å². The van der Waals surface area contributed by atoms with Crippen LogP contribution in [0.2, 0.25) is 0 Å². The first-order chi connectivity index (χ1) is 9.26. The smallest absolute Gasteiger partial charge is 0.191 e. The maximum absolute atomic E-state index is 9.21. The van der Waals surface area contributed by atoms with Gasteiger partial charge in [-0.15, -0.1) is 24.0 Å². The summed E-state index contributed by atoms with van der Waals surface area (Å²) < 4.78 is 5.00. The largest absolute Gasteiger partial charge is 0.508 e. The molecule has 0 fully saturated rings. The van der Waals surface area contributed by atoms with E-state index in [1.54, 1.807) is 19.2 Å². The predicted octanol–water partition coefficient (Wildman–Crippen LogP) is 2.10. The van der Waals surface area contributed by atoms with E-state index in [0.29, 0.717) is 6.54 Å². The van der Waals surface area contributed by atoms with Crippen LogP contribution in [0.15, 0.2) is 29.3 Å². The molecule has 5 nitrogen and oxygen atoms in total. The van der Waals surface area contributed by atoms with Gasteiger partial charge in [0.1, 0.15) is 5.75 Å². The highest BCUT2D eigenvalue weighted by atomic mass is 127. The third-order valence-corrected chi connectivity index (χ3v) is 2.52. The zero-order valence-electron chi connectivity index (χ0n) is 12.1. The summed E-state index contributed by atoms with van der Waals surface area (Å²) >= 11 is 0. The third kappa shape index (κ3) is 8.21. The Balaban J connectivity index is 0.00000361. The number of hydrogen-bond acceptors (Lipinski definition) is 3. The molecule has 1 aromatic rings. The molecule has 0 aromatic heterocycles. The third-order valence-electron chi connectivity index (χ3n) is 2.52. The molecule has 0 heterocycles. The van der Waals surface area contributed by atoms with Crippen LogP contribution in [-0.2, 0) is 11.3 Å². The van der Waals surface area contributed by atoms with Gasteiger partial charge < -0.3 is 20.5 Å². The lowest BCUT2D eigenvalue weighted by Crippen LogP contribution is -2.38. The standard InChI is InChI=1S/C14H23N3O2.HI/c1-3-15-14(16-9-4-10-19-2)17-11-12-5-7-13(18)8-6-12;/h5-8,18H,3-4,9-11H2,1-2H3,(H2,15,16,17);1H. The lowest BCUT2D eigenvalue weighted by Gasteiger charge is -2.11. The van der Waals surface area contributed by atoms with E-state index in [4.69, 9.17) is 4.74 Å². The van der Waals surface area contributed by atoms with Gasteiger partial charge in [0.15, 0.2) is 5.96 Å². The van der Waals surface area contributed by atoms with Crippen molar-refractivity contribution in [2.75, 3.05) is 26.8 Å². The molecular weight excluding hydrogens is 369 g/mol. The van der Waals surface area contributed by atoms with Crippen molar-refractivity contribution in [3.05, 3.63) is 29.8 Å². The number of hydrogen-bond donors (Lipinski definition) is 3. The van der Waals surface area contributed by atoms with Crippen LogP contribution in [0.1, 0.15) is 18.9 Å². The van der Waals surface area contributed by atoms with Crippen molar-refractivity contribution >= 4 is 29.9 Å². The number of nitrogens with one attached hydrogen (secondary N) is 2. The molecule has 0 aliphatic rings. The van der Waals surface area contributed by atoms with Gasteiger partial charge in [0.05, 0.1) is 6.54 Å². The molecule has 0 radical (unpaired) electrons. The van der Waals surface area contributed by atoms with E-state index in [9.17, 15) is 5.11 Å². The van der Waals surface area contributed by atoms with Gasteiger partial charge in [-0.2, -0.15) is 0 Å². The second-order valence-electron chi connectivity index (χ2n) is 4.13. The Morgan fingerprint density at radius 1 is 1.25 bits per heavy atom. The fourth-order valence-corrected chi connectivity index (χ4v) is 1.54. The van der Waals surface area contributed by atoms with Crippen LogP contribution in [0.3, 0.4) is 0 Å². The van der Waals surface area contributed by atoms with Crippen molar-refractivity contribution < 1.29 is 9.84 Å². The zero-order chi connectivity index (χ0) is 13.9. The Morgan fingerprint density at radius 3 is 2.55 bits per heavy atom. The van der Waals surface area contributed by atoms with Crippen molar-refractivity contribution in [2.45, 2.75) is 19.9 Å². The van der Waals surface area contributed by atoms with Gasteiger partial charge in [0, 0.05) is 26.8 Å². The van der Waals surface area contributed by atoms with Crippen molar-refractivity contribution in [2.24, 2.45) is 4.99 Å². The lowest BCUT2D eigenvalue weighted by atomic mass is 10.2. The van der Waals surface area contributed by atoms with Crippen molar-refractivity contribution in [3.8, 4) is 5.75 Å². The Labute approximate surface area is 137 Å². The van der Waals surface area contributed by atoms with Crippen LogP contribution in [0.4, 0.5) is 0 Å². The summed E-state index contributed by atoms with van der Waals surface area (Å²) in [6, 6.07) is 7.08. The Bertz CT molecular complexity index is 383. The number of methoxy groups -OCH3 is 1. The topological polar surface area (TPSA) is 65.9 Å². The number of phenolic OH excluding ortho intramolecular Hbond substituents is 1. The highest BCUT2D eigenvalue weighted by Gasteiger charge is 1.97. The predicted molar refractivity (Wildman–Crippen MR) is 92.8 cm³/mol. The molecule has 0 saturated carbocycles. The summed E-state index contributed by atoms with van der Waals surface area (Å²) in [6.07, 6.45) is 0.945. The molecule has 0 aliphatic heterocycles. The van der Waals surface area contributed by atoms with Gasteiger partial charge in [-0.05, 0) is 31.0 Å². The van der Waals surface area contributed by atoms with Gasteiger partial charge in [0.2, 0.25) is 0 Å². The number of benzene rings is 1. The van der Waals surface area contributed by atoms with Crippen molar-refractivity contribution in [1.82, 2.24) is 10.6 Å². The molecule has 0 amide bonds.